The van der Waals surface area contributed by atoms with E-state index in [2.05, 4.69) is 4.98 Å². The Morgan fingerprint density at radius 3 is 2.83 bits per heavy atom. The molecule has 1 rings (SSSR count). The molecule has 12 heavy (non-hydrogen) atoms. The van der Waals surface area contributed by atoms with Gasteiger partial charge in [0.2, 0.25) is 0 Å². The third-order valence-electron chi connectivity index (χ3n) is 1.24. The second kappa shape index (κ2) is 3.66. The van der Waals surface area contributed by atoms with Gasteiger partial charge in [-0.25, -0.2) is 4.98 Å². The zero-order valence-electron chi connectivity index (χ0n) is 6.20. The van der Waals surface area contributed by atoms with Gasteiger partial charge in [0, 0.05) is 12.4 Å². The molecule has 0 unspecified atom stereocenters. The molecule has 0 aliphatic rings. The number of hydrogen-bond donors (Lipinski definition) is 0. The molecule has 66 valence electrons. The van der Waals surface area contributed by atoms with Crippen molar-refractivity contribution < 1.29 is 8.78 Å². The van der Waals surface area contributed by atoms with Gasteiger partial charge in [0.15, 0.2) is 5.03 Å². The van der Waals surface area contributed by atoms with Gasteiger partial charge in [0.1, 0.15) is 0 Å². The number of aromatic nitrogens is 2. The van der Waals surface area contributed by atoms with Gasteiger partial charge in [0.25, 0.3) is 5.56 Å². The first kappa shape index (κ1) is 9.18. The van der Waals surface area contributed by atoms with Crippen molar-refractivity contribution in [1.29, 1.82) is 0 Å². The molecule has 0 bridgehead atoms. The molecule has 0 saturated heterocycles. The highest BCUT2D eigenvalue weighted by atomic mass is 32.2. The van der Waals surface area contributed by atoms with Gasteiger partial charge < -0.3 is 0 Å². The van der Waals surface area contributed by atoms with Crippen molar-refractivity contribution in [2.24, 2.45) is 0 Å². The van der Waals surface area contributed by atoms with Gasteiger partial charge in [-0.2, -0.15) is 8.78 Å². The standard InChI is InChI=1S/C6H6F2N2OS/c1-12-4-5(11)10(6(7)8)3-2-9-4/h2-3,6H,1H3. The number of rotatable bonds is 2. The first-order valence-electron chi connectivity index (χ1n) is 3.06. The number of nitrogens with zero attached hydrogens (tertiary/aromatic N) is 2. The summed E-state index contributed by atoms with van der Waals surface area (Å²) < 4.78 is 24.5. The lowest BCUT2D eigenvalue weighted by Crippen LogP contribution is -2.22. The van der Waals surface area contributed by atoms with Crippen LogP contribution in [0, 0.1) is 0 Å². The monoisotopic (exact) mass is 192 g/mol. The van der Waals surface area contributed by atoms with E-state index in [4.69, 9.17) is 0 Å². The van der Waals surface area contributed by atoms with E-state index >= 15 is 0 Å². The highest BCUT2D eigenvalue weighted by molar-refractivity contribution is 7.98. The summed E-state index contributed by atoms with van der Waals surface area (Å²) in [6, 6.07) is 0. The molecule has 0 aliphatic heterocycles. The molecule has 0 amide bonds. The Morgan fingerprint density at radius 1 is 1.67 bits per heavy atom. The van der Waals surface area contributed by atoms with E-state index in [9.17, 15) is 13.6 Å². The number of hydrogen-bond acceptors (Lipinski definition) is 3. The molecule has 1 heterocycles. The van der Waals surface area contributed by atoms with E-state index < -0.39 is 12.1 Å². The molecule has 0 radical (unpaired) electrons. The quantitative estimate of drug-likeness (QED) is 0.663. The lowest BCUT2D eigenvalue weighted by molar-refractivity contribution is 0.0649. The van der Waals surface area contributed by atoms with Crippen LogP contribution in [0.25, 0.3) is 0 Å². The second-order valence-electron chi connectivity index (χ2n) is 1.93. The average molecular weight is 192 g/mol. The van der Waals surface area contributed by atoms with Crippen LogP contribution in [0.3, 0.4) is 0 Å². The molecule has 0 fully saturated rings. The smallest absolute Gasteiger partial charge is 0.266 e. The normalized spacial score (nSPS) is 10.7. The Labute approximate surface area is 71.4 Å². The van der Waals surface area contributed by atoms with Crippen LogP contribution in [0.4, 0.5) is 8.78 Å². The molecule has 0 aromatic carbocycles. The zero-order chi connectivity index (χ0) is 9.14. The number of halogens is 2. The maximum atomic E-state index is 12.1. The third kappa shape index (κ3) is 1.63. The van der Waals surface area contributed by atoms with Crippen molar-refractivity contribution >= 4 is 11.8 Å². The number of alkyl halides is 2. The Hall–Kier alpha value is -0.910. The van der Waals surface area contributed by atoms with E-state index in [1.54, 1.807) is 6.26 Å². The molecule has 0 atom stereocenters. The highest BCUT2D eigenvalue weighted by Gasteiger charge is 2.10. The fourth-order valence-corrected chi connectivity index (χ4v) is 1.15. The summed E-state index contributed by atoms with van der Waals surface area (Å²) in [5.41, 5.74) is -0.750. The number of thioether (sulfide) groups is 1. The van der Waals surface area contributed by atoms with Crippen LogP contribution < -0.4 is 5.56 Å². The summed E-state index contributed by atoms with van der Waals surface area (Å²) in [7, 11) is 0. The van der Waals surface area contributed by atoms with Crippen LogP contribution in [-0.4, -0.2) is 15.8 Å². The van der Waals surface area contributed by atoms with Gasteiger partial charge in [0.05, 0.1) is 0 Å². The van der Waals surface area contributed by atoms with Crippen LogP contribution in [0.1, 0.15) is 6.55 Å². The molecule has 1 aromatic rings. The summed E-state index contributed by atoms with van der Waals surface area (Å²) >= 11 is 1.05. The van der Waals surface area contributed by atoms with Crippen LogP contribution >= 0.6 is 11.8 Å². The average Bonchev–Trinajstić information content (AvgIpc) is 2.04. The van der Waals surface area contributed by atoms with Crippen molar-refractivity contribution in [3.8, 4) is 0 Å². The van der Waals surface area contributed by atoms with Crippen molar-refractivity contribution in [3.63, 3.8) is 0 Å². The summed E-state index contributed by atoms with van der Waals surface area (Å²) in [5, 5.41) is 0.0813. The Kier molecular flexibility index (Phi) is 2.80. The van der Waals surface area contributed by atoms with E-state index in [1.165, 1.54) is 6.20 Å². The van der Waals surface area contributed by atoms with Crippen molar-refractivity contribution in [3.05, 3.63) is 22.7 Å². The maximum absolute atomic E-state index is 12.1. The lowest BCUT2D eigenvalue weighted by atomic mass is 10.7. The molecule has 1 aromatic heterocycles. The molecule has 0 saturated carbocycles. The van der Waals surface area contributed by atoms with Crippen LogP contribution in [-0.2, 0) is 0 Å². The van der Waals surface area contributed by atoms with Crippen LogP contribution in [0.2, 0.25) is 0 Å². The van der Waals surface area contributed by atoms with Crippen molar-refractivity contribution in [1.82, 2.24) is 9.55 Å². The van der Waals surface area contributed by atoms with Gasteiger partial charge in [-0.15, -0.1) is 11.8 Å². The largest absolute Gasteiger partial charge is 0.321 e. The molecular weight excluding hydrogens is 186 g/mol. The topological polar surface area (TPSA) is 34.9 Å². The Balaban J connectivity index is 3.24. The Bertz CT molecular complexity index is 326. The minimum Gasteiger partial charge on any atom is -0.266 e. The van der Waals surface area contributed by atoms with Crippen LogP contribution in [0.5, 0.6) is 0 Å². The van der Waals surface area contributed by atoms with E-state index in [0.717, 1.165) is 18.0 Å². The summed E-state index contributed by atoms with van der Waals surface area (Å²) in [5.74, 6) is 0. The molecular formula is C6H6F2N2OS. The van der Waals surface area contributed by atoms with E-state index in [1.807, 2.05) is 0 Å². The molecule has 6 heteroatoms. The SMILES string of the molecule is CSc1nccn(C(F)F)c1=O. The lowest BCUT2D eigenvalue weighted by Gasteiger charge is -2.03. The van der Waals surface area contributed by atoms with E-state index in [-0.39, 0.29) is 5.03 Å². The highest BCUT2D eigenvalue weighted by Crippen LogP contribution is 2.08. The maximum Gasteiger partial charge on any atom is 0.321 e. The third-order valence-corrected chi connectivity index (χ3v) is 1.91. The molecule has 0 spiro atoms. The van der Waals surface area contributed by atoms with Gasteiger partial charge >= 0.3 is 6.55 Å². The summed E-state index contributed by atoms with van der Waals surface area (Å²) in [4.78, 5) is 14.7. The minimum atomic E-state index is -2.80. The molecule has 3 nitrogen and oxygen atoms in total. The fraction of sp³-hybridized carbons (Fsp3) is 0.333. The molecule has 0 aliphatic carbocycles. The fourth-order valence-electron chi connectivity index (χ4n) is 0.700. The van der Waals surface area contributed by atoms with Gasteiger partial charge in [-0.05, 0) is 6.26 Å². The first-order valence-corrected chi connectivity index (χ1v) is 4.28. The Morgan fingerprint density at radius 2 is 2.33 bits per heavy atom. The van der Waals surface area contributed by atoms with Gasteiger partial charge in [-0.1, -0.05) is 0 Å². The summed E-state index contributed by atoms with van der Waals surface area (Å²) in [6.45, 7) is -2.80. The van der Waals surface area contributed by atoms with Crippen LogP contribution in [0.15, 0.2) is 22.2 Å². The second-order valence-corrected chi connectivity index (χ2v) is 2.72. The summed E-state index contributed by atoms with van der Waals surface area (Å²) in [6.07, 6.45) is 3.76. The van der Waals surface area contributed by atoms with Gasteiger partial charge in [-0.3, -0.25) is 9.36 Å². The van der Waals surface area contributed by atoms with E-state index in [0.29, 0.717) is 4.57 Å². The predicted octanol–water partition coefficient (Wildman–Crippen LogP) is 1.36. The predicted molar refractivity (Wildman–Crippen MR) is 41.5 cm³/mol. The first-order chi connectivity index (χ1) is 5.66. The molecule has 0 N–H and O–H groups in total. The van der Waals surface area contributed by atoms with Crippen molar-refractivity contribution in [2.75, 3.05) is 6.26 Å². The zero-order valence-corrected chi connectivity index (χ0v) is 7.02. The van der Waals surface area contributed by atoms with Crippen molar-refractivity contribution in [2.45, 2.75) is 11.6 Å². The minimum absolute atomic E-state index is 0.0813.